The van der Waals surface area contributed by atoms with Crippen LogP contribution < -0.4 is 20.1 Å². The molecule has 0 saturated heterocycles. The monoisotopic (exact) mass is 494 g/mol. The number of carbonyl (C=O) groups is 2. The average Bonchev–Trinajstić information content (AvgIpc) is 2.96. The van der Waals surface area contributed by atoms with Gasteiger partial charge in [0.15, 0.2) is 13.2 Å². The first-order valence-electron chi connectivity index (χ1n) is 12.3. The molecule has 0 atom stereocenters. The number of hydrogen-bond donors (Lipinski definition) is 2. The molecule has 2 N–H and O–H groups in total. The predicted molar refractivity (Wildman–Crippen MR) is 145 cm³/mol. The molecule has 0 unspecified atom stereocenters. The Morgan fingerprint density at radius 2 is 0.838 bits per heavy atom. The first-order chi connectivity index (χ1) is 18.2. The number of ether oxygens (including phenoxy) is 2. The number of amides is 2. The summed E-state index contributed by atoms with van der Waals surface area (Å²) in [7, 11) is 0. The van der Waals surface area contributed by atoms with E-state index in [1.165, 1.54) is 0 Å². The lowest BCUT2D eigenvalue weighted by molar-refractivity contribution is -0.123. The van der Waals surface area contributed by atoms with E-state index in [4.69, 9.17) is 9.47 Å². The minimum absolute atomic E-state index is 0.0616. The highest BCUT2D eigenvalue weighted by molar-refractivity contribution is 5.78. The Morgan fingerprint density at radius 1 is 0.486 bits per heavy atom. The van der Waals surface area contributed by atoms with Crippen molar-refractivity contribution in [1.29, 1.82) is 0 Å². The van der Waals surface area contributed by atoms with Crippen molar-refractivity contribution in [3.05, 3.63) is 109 Å². The van der Waals surface area contributed by atoms with Crippen LogP contribution in [-0.4, -0.2) is 38.1 Å². The molecule has 188 valence electrons. The first-order valence-corrected chi connectivity index (χ1v) is 12.3. The molecule has 4 aromatic rings. The normalized spacial score (nSPS) is 10.4. The van der Waals surface area contributed by atoms with E-state index in [9.17, 15) is 9.59 Å². The van der Waals surface area contributed by atoms with Crippen LogP contribution in [0.25, 0.3) is 22.3 Å². The Bertz CT molecular complexity index is 1160. The van der Waals surface area contributed by atoms with Crippen molar-refractivity contribution in [3.63, 3.8) is 0 Å². The first kappa shape index (κ1) is 25.5. The molecular formula is C31H30N2O4. The molecule has 6 nitrogen and oxygen atoms in total. The number of hydrogen-bond acceptors (Lipinski definition) is 4. The van der Waals surface area contributed by atoms with Gasteiger partial charge in [-0.05, 0) is 52.9 Å². The minimum atomic E-state index is -0.208. The van der Waals surface area contributed by atoms with Crippen LogP contribution in [0.5, 0.6) is 11.5 Å². The summed E-state index contributed by atoms with van der Waals surface area (Å²) in [5, 5.41) is 5.59. The Morgan fingerprint density at radius 3 is 1.22 bits per heavy atom. The lowest BCUT2D eigenvalue weighted by atomic mass is 10.1. The summed E-state index contributed by atoms with van der Waals surface area (Å²) in [6.45, 7) is 0.760. The summed E-state index contributed by atoms with van der Waals surface area (Å²) in [6, 6.07) is 35.4. The van der Waals surface area contributed by atoms with Gasteiger partial charge in [-0.25, -0.2) is 0 Å². The number of nitrogens with one attached hydrogen (secondary N) is 2. The summed E-state index contributed by atoms with van der Waals surface area (Å²) < 4.78 is 11.1. The molecule has 0 bridgehead atoms. The molecule has 0 aliphatic heterocycles. The summed E-state index contributed by atoms with van der Waals surface area (Å²) >= 11 is 0. The van der Waals surface area contributed by atoms with Crippen molar-refractivity contribution in [2.24, 2.45) is 0 Å². The fourth-order valence-electron chi connectivity index (χ4n) is 3.69. The van der Waals surface area contributed by atoms with Crippen LogP contribution in [0, 0.1) is 0 Å². The highest BCUT2D eigenvalue weighted by Crippen LogP contribution is 2.23. The van der Waals surface area contributed by atoms with Gasteiger partial charge in [-0.15, -0.1) is 0 Å². The van der Waals surface area contributed by atoms with Gasteiger partial charge in [0.1, 0.15) is 11.5 Å². The van der Waals surface area contributed by atoms with E-state index in [-0.39, 0.29) is 25.0 Å². The average molecular weight is 495 g/mol. The van der Waals surface area contributed by atoms with Gasteiger partial charge in [0.25, 0.3) is 11.8 Å². The van der Waals surface area contributed by atoms with Crippen LogP contribution in [0.1, 0.15) is 6.42 Å². The molecule has 0 saturated carbocycles. The summed E-state index contributed by atoms with van der Waals surface area (Å²) in [4.78, 5) is 24.1. The second-order valence-corrected chi connectivity index (χ2v) is 8.41. The number of benzene rings is 4. The fraction of sp³-hybridized carbons (Fsp3) is 0.161. The van der Waals surface area contributed by atoms with Crippen molar-refractivity contribution >= 4 is 11.8 Å². The van der Waals surface area contributed by atoms with E-state index in [0.29, 0.717) is 31.0 Å². The van der Waals surface area contributed by atoms with E-state index in [0.717, 1.165) is 22.3 Å². The second-order valence-electron chi connectivity index (χ2n) is 8.41. The fourth-order valence-corrected chi connectivity index (χ4v) is 3.69. The minimum Gasteiger partial charge on any atom is -0.484 e. The molecule has 0 radical (unpaired) electrons. The van der Waals surface area contributed by atoms with Crippen molar-refractivity contribution in [2.75, 3.05) is 26.3 Å². The van der Waals surface area contributed by atoms with Crippen molar-refractivity contribution < 1.29 is 19.1 Å². The summed E-state index contributed by atoms with van der Waals surface area (Å²) in [5.41, 5.74) is 4.43. The predicted octanol–water partition coefficient (Wildman–Crippen LogP) is 5.10. The van der Waals surface area contributed by atoms with Crippen LogP contribution in [0.4, 0.5) is 0 Å². The van der Waals surface area contributed by atoms with Gasteiger partial charge in [-0.3, -0.25) is 9.59 Å². The summed E-state index contributed by atoms with van der Waals surface area (Å²) in [6.07, 6.45) is 0.606. The van der Waals surface area contributed by atoms with Crippen molar-refractivity contribution in [3.8, 4) is 33.8 Å². The van der Waals surface area contributed by atoms with Crippen LogP contribution in [0.2, 0.25) is 0 Å². The Balaban J connectivity index is 1.06. The maximum atomic E-state index is 12.0. The molecule has 37 heavy (non-hydrogen) atoms. The number of carbonyl (C=O) groups excluding carboxylic acids is 2. The Kier molecular flexibility index (Phi) is 9.30. The van der Waals surface area contributed by atoms with Gasteiger partial charge in [0.2, 0.25) is 0 Å². The molecular weight excluding hydrogens is 464 g/mol. The van der Waals surface area contributed by atoms with E-state index < -0.39 is 0 Å². The Labute approximate surface area is 217 Å². The maximum absolute atomic E-state index is 12.0. The quantitative estimate of drug-likeness (QED) is 0.269. The molecule has 4 aromatic carbocycles. The zero-order chi connectivity index (χ0) is 25.7. The third-order valence-electron chi connectivity index (χ3n) is 5.66. The highest BCUT2D eigenvalue weighted by atomic mass is 16.5. The van der Waals surface area contributed by atoms with Gasteiger partial charge in [0.05, 0.1) is 0 Å². The van der Waals surface area contributed by atoms with Gasteiger partial charge in [-0.2, -0.15) is 0 Å². The molecule has 0 aliphatic rings. The zero-order valence-corrected chi connectivity index (χ0v) is 20.6. The van der Waals surface area contributed by atoms with E-state index >= 15 is 0 Å². The van der Waals surface area contributed by atoms with Gasteiger partial charge < -0.3 is 20.1 Å². The highest BCUT2D eigenvalue weighted by Gasteiger charge is 2.05. The molecule has 0 aromatic heterocycles. The lowest BCUT2D eigenvalue weighted by Gasteiger charge is -2.10. The topological polar surface area (TPSA) is 76.7 Å². The molecule has 0 spiro atoms. The molecule has 6 heteroatoms. The summed E-state index contributed by atoms with van der Waals surface area (Å²) in [5.74, 6) is 0.857. The van der Waals surface area contributed by atoms with Gasteiger partial charge >= 0.3 is 0 Å². The van der Waals surface area contributed by atoms with Crippen LogP contribution >= 0.6 is 0 Å². The molecule has 2 amide bonds. The smallest absolute Gasteiger partial charge is 0.257 e. The number of rotatable bonds is 12. The van der Waals surface area contributed by atoms with E-state index in [1.54, 1.807) is 0 Å². The van der Waals surface area contributed by atoms with Gasteiger partial charge in [-0.1, -0.05) is 84.9 Å². The SMILES string of the molecule is O=C(COc1ccc(-c2ccccc2)cc1)NCCCNC(=O)COc1ccc(-c2ccccc2)cc1. The standard InChI is InChI=1S/C31H30N2O4/c34-30(22-36-28-16-12-26(13-17-28)24-8-3-1-4-9-24)32-20-7-21-33-31(35)23-37-29-18-14-27(15-19-29)25-10-5-2-6-11-25/h1-6,8-19H,7,20-23H2,(H,32,34)(H,33,35). The molecule has 4 rings (SSSR count). The van der Waals surface area contributed by atoms with Crippen LogP contribution in [0.3, 0.4) is 0 Å². The van der Waals surface area contributed by atoms with E-state index in [2.05, 4.69) is 10.6 Å². The second kappa shape index (κ2) is 13.5. The van der Waals surface area contributed by atoms with Crippen molar-refractivity contribution in [2.45, 2.75) is 6.42 Å². The largest absolute Gasteiger partial charge is 0.484 e. The molecule has 0 aliphatic carbocycles. The lowest BCUT2D eigenvalue weighted by Crippen LogP contribution is -2.34. The molecule has 0 fully saturated rings. The van der Waals surface area contributed by atoms with E-state index in [1.807, 2.05) is 109 Å². The van der Waals surface area contributed by atoms with Crippen molar-refractivity contribution in [1.82, 2.24) is 10.6 Å². The van der Waals surface area contributed by atoms with Crippen LogP contribution in [0.15, 0.2) is 109 Å². The molecule has 0 heterocycles. The van der Waals surface area contributed by atoms with Gasteiger partial charge in [0, 0.05) is 13.1 Å². The third-order valence-corrected chi connectivity index (χ3v) is 5.66. The van der Waals surface area contributed by atoms with Crippen LogP contribution in [-0.2, 0) is 9.59 Å². The Hall–Kier alpha value is -4.58. The maximum Gasteiger partial charge on any atom is 0.257 e. The zero-order valence-electron chi connectivity index (χ0n) is 20.6. The third kappa shape index (κ3) is 8.25.